The van der Waals surface area contributed by atoms with E-state index in [2.05, 4.69) is 48.5 Å². The van der Waals surface area contributed by atoms with Crippen molar-refractivity contribution in [3.63, 3.8) is 0 Å². The molecule has 0 spiro atoms. The minimum atomic E-state index is 0.494. The Kier molecular flexibility index (Phi) is 5.86. The summed E-state index contributed by atoms with van der Waals surface area (Å²) in [7, 11) is 0. The van der Waals surface area contributed by atoms with E-state index in [1.54, 1.807) is 0 Å². The van der Waals surface area contributed by atoms with Crippen LogP contribution in [0.5, 0.6) is 0 Å². The van der Waals surface area contributed by atoms with Crippen molar-refractivity contribution in [3.8, 4) is 0 Å². The first-order valence-electron chi connectivity index (χ1n) is 7.66. The predicted octanol–water partition coefficient (Wildman–Crippen LogP) is 3.77. The van der Waals surface area contributed by atoms with Gasteiger partial charge in [-0.25, -0.2) is 0 Å². The molecule has 0 bridgehead atoms. The van der Waals surface area contributed by atoms with Crippen LogP contribution in [0.25, 0.3) is 0 Å². The lowest BCUT2D eigenvalue weighted by Crippen LogP contribution is -2.39. The zero-order valence-corrected chi connectivity index (χ0v) is 13.4. The maximum Gasteiger partial charge on any atom is 0.0386 e. The summed E-state index contributed by atoms with van der Waals surface area (Å²) in [6, 6.07) is 4.85. The molecule has 3 heteroatoms. The number of nitrogens with zero attached hydrogens (tertiary/aromatic N) is 1. The SMILES string of the molecule is CC(NCCN1CCC(C(C)C)CC1)c1cccs1. The Morgan fingerprint density at radius 1 is 1.32 bits per heavy atom. The van der Waals surface area contributed by atoms with Crippen LogP contribution in [0.15, 0.2) is 17.5 Å². The Labute approximate surface area is 122 Å². The van der Waals surface area contributed by atoms with Gasteiger partial charge in [-0.1, -0.05) is 19.9 Å². The Bertz CT molecular complexity index is 340. The summed E-state index contributed by atoms with van der Waals surface area (Å²) in [5.41, 5.74) is 0. The molecule has 19 heavy (non-hydrogen) atoms. The molecule has 1 aromatic heterocycles. The summed E-state index contributed by atoms with van der Waals surface area (Å²) >= 11 is 1.84. The van der Waals surface area contributed by atoms with Gasteiger partial charge in [0.2, 0.25) is 0 Å². The van der Waals surface area contributed by atoms with Gasteiger partial charge in [-0.05, 0) is 56.1 Å². The second kappa shape index (κ2) is 7.41. The van der Waals surface area contributed by atoms with Crippen molar-refractivity contribution < 1.29 is 0 Å². The first kappa shape index (κ1) is 15.0. The van der Waals surface area contributed by atoms with Gasteiger partial charge >= 0.3 is 0 Å². The zero-order chi connectivity index (χ0) is 13.7. The lowest BCUT2D eigenvalue weighted by molar-refractivity contribution is 0.158. The average Bonchev–Trinajstić information content (AvgIpc) is 2.93. The summed E-state index contributed by atoms with van der Waals surface area (Å²) < 4.78 is 0. The molecule has 1 N–H and O–H groups in total. The molecule has 2 heterocycles. The van der Waals surface area contributed by atoms with Crippen LogP contribution in [0, 0.1) is 11.8 Å². The van der Waals surface area contributed by atoms with Gasteiger partial charge in [0.25, 0.3) is 0 Å². The van der Waals surface area contributed by atoms with Crippen molar-refractivity contribution in [3.05, 3.63) is 22.4 Å². The minimum absolute atomic E-state index is 0.494. The maximum absolute atomic E-state index is 3.64. The number of hydrogen-bond acceptors (Lipinski definition) is 3. The number of nitrogens with one attached hydrogen (secondary N) is 1. The van der Waals surface area contributed by atoms with Crippen LogP contribution in [0.3, 0.4) is 0 Å². The summed E-state index contributed by atoms with van der Waals surface area (Å²) in [5.74, 6) is 1.81. The second-order valence-electron chi connectivity index (χ2n) is 6.11. The summed E-state index contributed by atoms with van der Waals surface area (Å²) in [5, 5.41) is 5.79. The molecular formula is C16H28N2S. The number of thiophene rings is 1. The van der Waals surface area contributed by atoms with E-state index >= 15 is 0 Å². The summed E-state index contributed by atoms with van der Waals surface area (Å²) in [6.07, 6.45) is 2.77. The van der Waals surface area contributed by atoms with Gasteiger partial charge in [0, 0.05) is 24.0 Å². The van der Waals surface area contributed by atoms with E-state index < -0.39 is 0 Å². The molecular weight excluding hydrogens is 252 g/mol. The number of likely N-dealkylation sites (tertiary alicyclic amines) is 1. The highest BCUT2D eigenvalue weighted by Crippen LogP contribution is 2.24. The summed E-state index contributed by atoms with van der Waals surface area (Å²) in [4.78, 5) is 4.06. The largest absolute Gasteiger partial charge is 0.308 e. The fourth-order valence-corrected chi connectivity index (χ4v) is 3.68. The molecule has 1 atom stereocenters. The fourth-order valence-electron chi connectivity index (χ4n) is 2.92. The molecule has 0 saturated carbocycles. The monoisotopic (exact) mass is 280 g/mol. The third-order valence-corrected chi connectivity index (χ3v) is 5.48. The van der Waals surface area contributed by atoms with Gasteiger partial charge in [-0.2, -0.15) is 0 Å². The molecule has 1 aliphatic heterocycles. The summed E-state index contributed by atoms with van der Waals surface area (Å²) in [6.45, 7) is 11.9. The van der Waals surface area contributed by atoms with Crippen LogP contribution in [-0.4, -0.2) is 31.1 Å². The highest BCUT2D eigenvalue weighted by Gasteiger charge is 2.21. The molecule has 1 aromatic rings. The number of rotatable bonds is 6. The molecule has 2 rings (SSSR count). The highest BCUT2D eigenvalue weighted by atomic mass is 32.1. The quantitative estimate of drug-likeness (QED) is 0.853. The van der Waals surface area contributed by atoms with Gasteiger partial charge in [0.05, 0.1) is 0 Å². The third-order valence-electron chi connectivity index (χ3n) is 4.42. The van der Waals surface area contributed by atoms with Gasteiger partial charge in [-0.15, -0.1) is 11.3 Å². The van der Waals surface area contributed by atoms with Crippen LogP contribution in [-0.2, 0) is 0 Å². The topological polar surface area (TPSA) is 15.3 Å². The lowest BCUT2D eigenvalue weighted by Gasteiger charge is -2.34. The molecule has 1 fully saturated rings. The Morgan fingerprint density at radius 2 is 2.05 bits per heavy atom. The van der Waals surface area contributed by atoms with Crippen molar-refractivity contribution >= 4 is 11.3 Å². The smallest absolute Gasteiger partial charge is 0.0386 e. The van der Waals surface area contributed by atoms with Crippen molar-refractivity contribution in [1.29, 1.82) is 0 Å². The molecule has 0 amide bonds. The molecule has 108 valence electrons. The van der Waals surface area contributed by atoms with Crippen LogP contribution in [0.2, 0.25) is 0 Å². The van der Waals surface area contributed by atoms with Crippen LogP contribution < -0.4 is 5.32 Å². The van der Waals surface area contributed by atoms with Crippen molar-refractivity contribution in [2.75, 3.05) is 26.2 Å². The van der Waals surface area contributed by atoms with Gasteiger partial charge < -0.3 is 10.2 Å². The van der Waals surface area contributed by atoms with E-state index in [0.717, 1.165) is 18.4 Å². The van der Waals surface area contributed by atoms with Crippen molar-refractivity contribution in [1.82, 2.24) is 10.2 Å². The van der Waals surface area contributed by atoms with E-state index in [1.807, 2.05) is 11.3 Å². The van der Waals surface area contributed by atoms with E-state index in [-0.39, 0.29) is 0 Å². The average molecular weight is 280 g/mol. The molecule has 1 saturated heterocycles. The second-order valence-corrected chi connectivity index (χ2v) is 7.09. The van der Waals surface area contributed by atoms with E-state index in [4.69, 9.17) is 0 Å². The number of hydrogen-bond donors (Lipinski definition) is 1. The molecule has 1 aliphatic rings. The van der Waals surface area contributed by atoms with Crippen molar-refractivity contribution in [2.45, 2.75) is 39.7 Å². The van der Waals surface area contributed by atoms with Crippen LogP contribution in [0.1, 0.15) is 44.5 Å². The normalized spacial score (nSPS) is 20.0. The van der Waals surface area contributed by atoms with Gasteiger partial charge in [-0.3, -0.25) is 0 Å². The predicted molar refractivity (Wildman–Crippen MR) is 84.7 cm³/mol. The molecule has 2 nitrogen and oxygen atoms in total. The first-order valence-corrected chi connectivity index (χ1v) is 8.54. The Balaban J connectivity index is 1.62. The van der Waals surface area contributed by atoms with Crippen LogP contribution >= 0.6 is 11.3 Å². The third kappa shape index (κ3) is 4.59. The van der Waals surface area contributed by atoms with E-state index in [1.165, 1.54) is 37.4 Å². The highest BCUT2D eigenvalue weighted by molar-refractivity contribution is 7.10. The standard InChI is InChI=1S/C16H28N2S/c1-13(2)15-6-9-18(10-7-15)11-8-17-14(3)16-5-4-12-19-16/h4-5,12-15,17H,6-11H2,1-3H3. The van der Waals surface area contributed by atoms with E-state index in [0.29, 0.717) is 6.04 Å². The minimum Gasteiger partial charge on any atom is -0.308 e. The molecule has 1 unspecified atom stereocenters. The van der Waals surface area contributed by atoms with Gasteiger partial charge in [0.1, 0.15) is 0 Å². The van der Waals surface area contributed by atoms with Crippen LogP contribution in [0.4, 0.5) is 0 Å². The maximum atomic E-state index is 3.64. The molecule has 0 aliphatic carbocycles. The fraction of sp³-hybridized carbons (Fsp3) is 0.750. The zero-order valence-electron chi connectivity index (χ0n) is 12.6. The Hall–Kier alpha value is -0.380. The number of piperidine rings is 1. The molecule has 0 radical (unpaired) electrons. The van der Waals surface area contributed by atoms with Gasteiger partial charge in [0.15, 0.2) is 0 Å². The molecule has 0 aromatic carbocycles. The van der Waals surface area contributed by atoms with Crippen molar-refractivity contribution in [2.24, 2.45) is 11.8 Å². The van der Waals surface area contributed by atoms with E-state index in [9.17, 15) is 0 Å². The first-order chi connectivity index (χ1) is 9.16. The lowest BCUT2D eigenvalue weighted by atomic mass is 9.87. The Morgan fingerprint density at radius 3 is 2.63 bits per heavy atom.